The van der Waals surface area contributed by atoms with Gasteiger partial charge in [-0.1, -0.05) is 29.3 Å². The van der Waals surface area contributed by atoms with Gasteiger partial charge in [0.15, 0.2) is 0 Å². The molecule has 0 aliphatic heterocycles. The lowest BCUT2D eigenvalue weighted by Gasteiger charge is -2.22. The molecule has 0 aromatic heterocycles. The Hall–Kier alpha value is -1.83. The molecule has 0 saturated heterocycles. The number of rotatable bonds is 7. The quantitative estimate of drug-likeness (QED) is 0.727. The number of anilines is 2. The molecule has 0 saturated carbocycles. The van der Waals surface area contributed by atoms with Crippen LogP contribution >= 0.6 is 23.2 Å². The summed E-state index contributed by atoms with van der Waals surface area (Å²) < 4.78 is 38.1. The van der Waals surface area contributed by atoms with Crippen molar-refractivity contribution in [2.75, 3.05) is 22.4 Å². The van der Waals surface area contributed by atoms with E-state index >= 15 is 0 Å². The largest absolute Gasteiger partial charge is 0.324 e. The summed E-state index contributed by atoms with van der Waals surface area (Å²) in [5.74, 6) is -0.800. The maximum atomic E-state index is 13.0. The molecule has 2 aromatic carbocycles. The minimum atomic E-state index is -3.56. The minimum absolute atomic E-state index is 0.0643. The van der Waals surface area contributed by atoms with E-state index < -0.39 is 15.8 Å². The summed E-state index contributed by atoms with van der Waals surface area (Å²) in [6.07, 6.45) is 1.38. The molecule has 0 bridgehead atoms. The highest BCUT2D eigenvalue weighted by Gasteiger charge is 2.18. The van der Waals surface area contributed by atoms with Gasteiger partial charge in [-0.2, -0.15) is 0 Å². The Kier molecular flexibility index (Phi) is 6.86. The Balaban J connectivity index is 1.99. The highest BCUT2D eigenvalue weighted by Crippen LogP contribution is 2.30. The Bertz CT molecular complexity index is 869. The molecule has 0 radical (unpaired) electrons. The Labute approximate surface area is 161 Å². The molecule has 26 heavy (non-hydrogen) atoms. The number of halogens is 3. The zero-order chi connectivity index (χ0) is 19.3. The van der Waals surface area contributed by atoms with E-state index in [1.807, 2.05) is 0 Å². The fraction of sp³-hybridized carbons (Fsp3) is 0.235. The van der Waals surface area contributed by atoms with Crippen LogP contribution in [-0.2, 0) is 14.8 Å². The molecular formula is C17H17Cl2FN2O3S. The molecule has 9 heteroatoms. The van der Waals surface area contributed by atoms with Crippen LogP contribution in [0.3, 0.4) is 0 Å². The predicted octanol–water partition coefficient (Wildman–Crippen LogP) is 4.32. The van der Waals surface area contributed by atoms with Crippen LogP contribution in [0.4, 0.5) is 15.8 Å². The molecule has 140 valence electrons. The van der Waals surface area contributed by atoms with E-state index in [4.69, 9.17) is 23.2 Å². The summed E-state index contributed by atoms with van der Waals surface area (Å²) in [5, 5.41) is 3.25. The average molecular weight is 419 g/mol. The summed E-state index contributed by atoms with van der Waals surface area (Å²) in [6.45, 7) is 0.0775. The van der Waals surface area contributed by atoms with Crippen molar-refractivity contribution in [2.45, 2.75) is 12.8 Å². The van der Waals surface area contributed by atoms with Gasteiger partial charge >= 0.3 is 0 Å². The lowest BCUT2D eigenvalue weighted by atomic mass is 10.2. The molecule has 0 unspecified atom stereocenters. The van der Waals surface area contributed by atoms with E-state index in [9.17, 15) is 17.6 Å². The number of sulfonamides is 1. The summed E-state index contributed by atoms with van der Waals surface area (Å²) in [4.78, 5) is 12.1. The molecule has 0 atom stereocenters. The lowest BCUT2D eigenvalue weighted by Crippen LogP contribution is -2.31. The van der Waals surface area contributed by atoms with E-state index in [0.29, 0.717) is 21.4 Å². The van der Waals surface area contributed by atoms with E-state index in [1.54, 1.807) is 18.2 Å². The van der Waals surface area contributed by atoms with Crippen LogP contribution in [0.1, 0.15) is 12.8 Å². The molecule has 2 aromatic rings. The monoisotopic (exact) mass is 418 g/mol. The zero-order valence-electron chi connectivity index (χ0n) is 13.9. The first-order valence-corrected chi connectivity index (χ1v) is 10.3. The number of carbonyl (C=O) groups excluding carboxylic acids is 1. The Morgan fingerprint density at radius 1 is 1.12 bits per heavy atom. The predicted molar refractivity (Wildman–Crippen MR) is 103 cm³/mol. The smallest absolute Gasteiger partial charge is 0.232 e. The third kappa shape index (κ3) is 5.59. The average Bonchev–Trinajstić information content (AvgIpc) is 2.55. The van der Waals surface area contributed by atoms with Crippen molar-refractivity contribution in [3.8, 4) is 0 Å². The van der Waals surface area contributed by atoms with Gasteiger partial charge in [0.2, 0.25) is 15.9 Å². The minimum Gasteiger partial charge on any atom is -0.324 e. The molecule has 0 spiro atoms. The topological polar surface area (TPSA) is 66.5 Å². The van der Waals surface area contributed by atoms with Crippen molar-refractivity contribution in [1.82, 2.24) is 0 Å². The molecule has 0 aliphatic carbocycles. The normalized spacial score (nSPS) is 11.2. The maximum Gasteiger partial charge on any atom is 0.232 e. The SMILES string of the molecule is CS(=O)(=O)N(CCCC(=O)Nc1c(Cl)cccc1Cl)c1ccc(F)cc1. The van der Waals surface area contributed by atoms with Crippen LogP contribution in [0.15, 0.2) is 42.5 Å². The second-order valence-corrected chi connectivity index (χ2v) is 8.28. The van der Waals surface area contributed by atoms with Gasteiger partial charge < -0.3 is 5.32 Å². The summed E-state index contributed by atoms with van der Waals surface area (Å²) >= 11 is 12.0. The van der Waals surface area contributed by atoms with E-state index in [2.05, 4.69) is 5.32 Å². The van der Waals surface area contributed by atoms with Crippen molar-refractivity contribution in [2.24, 2.45) is 0 Å². The summed E-state index contributed by atoms with van der Waals surface area (Å²) in [6, 6.07) is 9.97. The molecule has 0 aliphatic rings. The molecule has 0 fully saturated rings. The van der Waals surface area contributed by atoms with Crippen molar-refractivity contribution < 1.29 is 17.6 Å². The van der Waals surface area contributed by atoms with E-state index in [0.717, 1.165) is 10.6 Å². The number of para-hydroxylation sites is 1. The van der Waals surface area contributed by atoms with Crippen LogP contribution in [-0.4, -0.2) is 27.1 Å². The zero-order valence-corrected chi connectivity index (χ0v) is 16.2. The first-order chi connectivity index (χ1) is 12.2. The van der Waals surface area contributed by atoms with Gasteiger partial charge in [0, 0.05) is 13.0 Å². The van der Waals surface area contributed by atoms with Gasteiger partial charge in [0.25, 0.3) is 0 Å². The second-order valence-electron chi connectivity index (χ2n) is 5.56. The van der Waals surface area contributed by atoms with Gasteiger partial charge in [0.1, 0.15) is 5.82 Å². The first-order valence-electron chi connectivity index (χ1n) is 7.65. The van der Waals surface area contributed by atoms with Crippen molar-refractivity contribution in [3.05, 3.63) is 58.3 Å². The van der Waals surface area contributed by atoms with Crippen molar-refractivity contribution >= 4 is 50.5 Å². The molecule has 2 rings (SSSR count). The number of amides is 1. The number of nitrogens with one attached hydrogen (secondary N) is 1. The van der Waals surface area contributed by atoms with Gasteiger partial charge in [0.05, 0.1) is 27.7 Å². The second kappa shape index (κ2) is 8.70. The van der Waals surface area contributed by atoms with Gasteiger partial charge in [-0.25, -0.2) is 12.8 Å². The number of carbonyl (C=O) groups is 1. The highest BCUT2D eigenvalue weighted by atomic mass is 35.5. The Morgan fingerprint density at radius 2 is 1.69 bits per heavy atom. The third-order valence-electron chi connectivity index (χ3n) is 3.51. The number of benzene rings is 2. The molecule has 1 N–H and O–H groups in total. The van der Waals surface area contributed by atoms with E-state index in [-0.39, 0.29) is 25.3 Å². The fourth-order valence-electron chi connectivity index (χ4n) is 2.30. The summed E-state index contributed by atoms with van der Waals surface area (Å²) in [7, 11) is -3.56. The van der Waals surface area contributed by atoms with E-state index in [1.165, 1.54) is 24.3 Å². The molecular weight excluding hydrogens is 402 g/mol. The molecule has 5 nitrogen and oxygen atoms in total. The standard InChI is InChI=1S/C17H17Cl2FN2O3S/c1-26(24,25)22(13-9-7-12(20)8-10-13)11-3-6-16(23)21-17-14(18)4-2-5-15(17)19/h2,4-5,7-10H,3,6,11H2,1H3,(H,21,23). The van der Waals surface area contributed by atoms with Gasteiger partial charge in [-0.05, 0) is 42.8 Å². The summed E-state index contributed by atoms with van der Waals surface area (Å²) in [5.41, 5.74) is 0.655. The highest BCUT2D eigenvalue weighted by molar-refractivity contribution is 7.92. The first kappa shape index (κ1) is 20.5. The number of nitrogens with zero attached hydrogens (tertiary/aromatic N) is 1. The van der Waals surface area contributed by atoms with Gasteiger partial charge in [-0.15, -0.1) is 0 Å². The molecule has 0 heterocycles. The Morgan fingerprint density at radius 3 is 2.23 bits per heavy atom. The van der Waals surface area contributed by atoms with Crippen LogP contribution in [0.5, 0.6) is 0 Å². The van der Waals surface area contributed by atoms with Crippen LogP contribution in [0.25, 0.3) is 0 Å². The van der Waals surface area contributed by atoms with Gasteiger partial charge in [-0.3, -0.25) is 9.10 Å². The maximum absolute atomic E-state index is 13.0. The van der Waals surface area contributed by atoms with Crippen LogP contribution in [0.2, 0.25) is 10.0 Å². The van der Waals surface area contributed by atoms with Crippen molar-refractivity contribution in [1.29, 1.82) is 0 Å². The van der Waals surface area contributed by atoms with Crippen molar-refractivity contribution in [3.63, 3.8) is 0 Å². The lowest BCUT2D eigenvalue weighted by molar-refractivity contribution is -0.116. The number of hydrogen-bond donors (Lipinski definition) is 1. The molecule has 1 amide bonds. The third-order valence-corrected chi connectivity index (χ3v) is 5.33. The fourth-order valence-corrected chi connectivity index (χ4v) is 3.75. The van der Waals surface area contributed by atoms with Crippen LogP contribution in [0, 0.1) is 5.82 Å². The number of hydrogen-bond acceptors (Lipinski definition) is 3. The van der Waals surface area contributed by atoms with Crippen LogP contribution < -0.4 is 9.62 Å².